The monoisotopic (exact) mass is 410 g/mol. The van der Waals surface area contributed by atoms with Crippen molar-refractivity contribution in [2.24, 2.45) is 17.8 Å². The zero-order valence-corrected chi connectivity index (χ0v) is 19.3. The van der Waals surface area contributed by atoms with Crippen LogP contribution in [0.4, 0.5) is 0 Å². The van der Waals surface area contributed by atoms with Gasteiger partial charge in [0.2, 0.25) is 0 Å². The average Bonchev–Trinajstić information content (AvgIpc) is 3.06. The molecule has 0 radical (unpaired) electrons. The van der Waals surface area contributed by atoms with Crippen LogP contribution >= 0.6 is 0 Å². The maximum absolute atomic E-state index is 7.02. The second-order valence-corrected chi connectivity index (χ2v) is 10.1. The van der Waals surface area contributed by atoms with E-state index in [-0.39, 0.29) is 5.92 Å². The summed E-state index contributed by atoms with van der Waals surface area (Å²) in [6.45, 7) is 9.40. The van der Waals surface area contributed by atoms with Crippen LogP contribution in [0.5, 0.6) is 0 Å². The van der Waals surface area contributed by atoms with Gasteiger partial charge in [-0.1, -0.05) is 93.9 Å². The zero-order chi connectivity index (χ0) is 21.5. The number of rotatable bonds is 4. The van der Waals surface area contributed by atoms with Crippen molar-refractivity contribution >= 4 is 16.5 Å². The Hall–Kier alpha value is -2.54. The summed E-state index contributed by atoms with van der Waals surface area (Å²) in [6.07, 6.45) is 4.08. The number of ether oxygens (including phenoxy) is 1. The lowest BCUT2D eigenvalue weighted by atomic mass is 9.75. The molecule has 3 aromatic carbocycles. The van der Waals surface area contributed by atoms with Gasteiger partial charge in [0.05, 0.1) is 0 Å². The maximum atomic E-state index is 7.02. The van der Waals surface area contributed by atoms with Gasteiger partial charge < -0.3 is 4.74 Å². The van der Waals surface area contributed by atoms with E-state index in [1.165, 1.54) is 52.3 Å². The molecule has 2 aliphatic carbocycles. The Morgan fingerprint density at radius 2 is 1.61 bits per heavy atom. The fourth-order valence-corrected chi connectivity index (χ4v) is 5.98. The molecule has 0 aliphatic heterocycles. The number of fused-ring (bicyclic) bond motifs is 3. The van der Waals surface area contributed by atoms with Gasteiger partial charge in [-0.15, -0.1) is 0 Å². The Kier molecular flexibility index (Phi) is 5.38. The minimum atomic E-state index is 0.260. The second kappa shape index (κ2) is 8.19. The van der Waals surface area contributed by atoms with Crippen LogP contribution in [0.15, 0.2) is 72.3 Å². The SMILES string of the molecule is CC1=C(O[C@@H]2C[C@H](C)CC[C@H]2C(C)C)c2ccc3ccccc3c2[C@@H]1c1ccccc1. The van der Waals surface area contributed by atoms with Crippen molar-refractivity contribution in [3.05, 3.63) is 89.0 Å². The van der Waals surface area contributed by atoms with Gasteiger partial charge in [0, 0.05) is 11.5 Å². The molecule has 0 saturated heterocycles. The third kappa shape index (κ3) is 3.59. The van der Waals surface area contributed by atoms with Crippen molar-refractivity contribution in [3.8, 4) is 0 Å². The molecule has 0 heterocycles. The van der Waals surface area contributed by atoms with Gasteiger partial charge in [0.25, 0.3) is 0 Å². The first-order valence-corrected chi connectivity index (χ1v) is 12.0. The summed E-state index contributed by atoms with van der Waals surface area (Å²) >= 11 is 0. The number of allylic oxidation sites excluding steroid dienone is 1. The highest BCUT2D eigenvalue weighted by Crippen LogP contribution is 2.50. The summed E-state index contributed by atoms with van der Waals surface area (Å²) in [7, 11) is 0. The number of hydrogen-bond donors (Lipinski definition) is 0. The lowest BCUT2D eigenvalue weighted by molar-refractivity contribution is 0.0255. The summed E-state index contributed by atoms with van der Waals surface area (Å²) < 4.78 is 7.02. The van der Waals surface area contributed by atoms with E-state index in [4.69, 9.17) is 4.74 Å². The number of hydrogen-bond acceptors (Lipinski definition) is 1. The summed E-state index contributed by atoms with van der Waals surface area (Å²) in [6, 6.07) is 24.3. The highest BCUT2D eigenvalue weighted by atomic mass is 16.5. The van der Waals surface area contributed by atoms with Gasteiger partial charge >= 0.3 is 0 Å². The van der Waals surface area contributed by atoms with Crippen molar-refractivity contribution in [2.75, 3.05) is 0 Å². The molecule has 0 aromatic heterocycles. The van der Waals surface area contributed by atoms with E-state index in [1.54, 1.807) is 0 Å². The molecular weight excluding hydrogens is 376 g/mol. The first kappa shape index (κ1) is 20.4. The van der Waals surface area contributed by atoms with E-state index >= 15 is 0 Å². The highest BCUT2D eigenvalue weighted by Gasteiger charge is 2.37. The molecule has 5 rings (SSSR count). The molecule has 0 amide bonds. The van der Waals surface area contributed by atoms with Crippen LogP contribution in [0, 0.1) is 17.8 Å². The topological polar surface area (TPSA) is 9.23 Å². The van der Waals surface area contributed by atoms with Crippen molar-refractivity contribution in [3.63, 3.8) is 0 Å². The van der Waals surface area contributed by atoms with Crippen molar-refractivity contribution < 1.29 is 4.74 Å². The molecule has 3 aromatic rings. The molecule has 4 atom stereocenters. The first-order valence-electron chi connectivity index (χ1n) is 12.0. The van der Waals surface area contributed by atoms with Crippen molar-refractivity contribution in [1.82, 2.24) is 0 Å². The highest BCUT2D eigenvalue weighted by molar-refractivity contribution is 5.94. The predicted molar refractivity (Wildman–Crippen MR) is 131 cm³/mol. The van der Waals surface area contributed by atoms with Crippen LogP contribution in [-0.4, -0.2) is 6.10 Å². The van der Waals surface area contributed by atoms with Gasteiger partial charge in [-0.3, -0.25) is 0 Å². The Labute approximate surface area is 187 Å². The Morgan fingerprint density at radius 3 is 2.39 bits per heavy atom. The third-order valence-electron chi connectivity index (χ3n) is 7.66. The summed E-state index contributed by atoms with van der Waals surface area (Å²) in [5.41, 5.74) is 5.43. The van der Waals surface area contributed by atoms with E-state index in [9.17, 15) is 0 Å². The largest absolute Gasteiger partial charge is 0.490 e. The van der Waals surface area contributed by atoms with Gasteiger partial charge in [-0.05, 0) is 65.0 Å². The Morgan fingerprint density at radius 1 is 0.871 bits per heavy atom. The number of benzene rings is 3. The lowest BCUT2D eigenvalue weighted by Gasteiger charge is -2.38. The van der Waals surface area contributed by atoms with Gasteiger partial charge in [0.15, 0.2) is 0 Å². The Balaban J connectivity index is 1.64. The van der Waals surface area contributed by atoms with Crippen molar-refractivity contribution in [2.45, 2.75) is 59.0 Å². The molecule has 2 aliphatic rings. The average molecular weight is 411 g/mol. The van der Waals surface area contributed by atoms with Crippen LogP contribution in [0.25, 0.3) is 16.5 Å². The van der Waals surface area contributed by atoms with Gasteiger partial charge in [0.1, 0.15) is 11.9 Å². The van der Waals surface area contributed by atoms with E-state index in [2.05, 4.69) is 94.4 Å². The quantitative estimate of drug-likeness (QED) is 0.421. The van der Waals surface area contributed by atoms with Gasteiger partial charge in [-0.2, -0.15) is 0 Å². The Bertz CT molecular complexity index is 1110. The fraction of sp³-hybridized carbons (Fsp3) is 0.400. The third-order valence-corrected chi connectivity index (χ3v) is 7.66. The minimum absolute atomic E-state index is 0.260. The normalized spacial score (nSPS) is 25.8. The van der Waals surface area contributed by atoms with Crippen LogP contribution < -0.4 is 0 Å². The molecule has 1 nitrogen and oxygen atoms in total. The molecule has 0 spiro atoms. The lowest BCUT2D eigenvalue weighted by Crippen LogP contribution is -2.34. The van der Waals surface area contributed by atoms with Crippen LogP contribution in [0.3, 0.4) is 0 Å². The fourth-order valence-electron chi connectivity index (χ4n) is 5.98. The molecule has 1 fully saturated rings. The predicted octanol–water partition coefficient (Wildman–Crippen LogP) is 8.19. The summed E-state index contributed by atoms with van der Waals surface area (Å²) in [5, 5.41) is 2.66. The van der Waals surface area contributed by atoms with E-state index in [1.807, 2.05) is 0 Å². The first-order chi connectivity index (χ1) is 15.0. The van der Waals surface area contributed by atoms with Crippen LogP contribution in [0.2, 0.25) is 0 Å². The molecular formula is C30H34O. The molecule has 0 bridgehead atoms. The molecule has 160 valence electrons. The van der Waals surface area contributed by atoms with Crippen LogP contribution in [-0.2, 0) is 4.74 Å². The van der Waals surface area contributed by atoms with Crippen LogP contribution in [0.1, 0.15) is 69.6 Å². The zero-order valence-electron chi connectivity index (χ0n) is 19.3. The van der Waals surface area contributed by atoms with E-state index in [0.29, 0.717) is 17.9 Å². The van der Waals surface area contributed by atoms with Crippen molar-refractivity contribution in [1.29, 1.82) is 0 Å². The van der Waals surface area contributed by atoms with E-state index in [0.717, 1.165) is 11.7 Å². The molecule has 1 saturated carbocycles. The molecule has 0 unspecified atom stereocenters. The minimum Gasteiger partial charge on any atom is -0.490 e. The second-order valence-electron chi connectivity index (χ2n) is 10.1. The molecule has 31 heavy (non-hydrogen) atoms. The molecule has 0 N–H and O–H groups in total. The molecule has 1 heteroatoms. The summed E-state index contributed by atoms with van der Waals surface area (Å²) in [5.74, 6) is 3.43. The van der Waals surface area contributed by atoms with E-state index < -0.39 is 0 Å². The standard InChI is InChI=1S/C30H34O/c1-19(2)24-16-14-20(3)18-27(24)31-30-21(4)28(23-11-6-5-7-12-23)29-25-13-9-8-10-22(25)15-17-26(29)30/h5-13,15,17,19-20,24,27-28H,14,16,18H2,1-4H3/t20-,24+,27-,28+/m1/s1. The smallest absolute Gasteiger partial charge is 0.127 e. The maximum Gasteiger partial charge on any atom is 0.127 e. The van der Waals surface area contributed by atoms with Gasteiger partial charge in [-0.25, -0.2) is 0 Å². The summed E-state index contributed by atoms with van der Waals surface area (Å²) in [4.78, 5) is 0.